The fourth-order valence-corrected chi connectivity index (χ4v) is 9.26. The average Bonchev–Trinajstić information content (AvgIpc) is 2.84. The highest BCUT2D eigenvalue weighted by Crippen LogP contribution is 2.50. The predicted octanol–water partition coefficient (Wildman–Crippen LogP) is 7.06. The smallest absolute Gasteiger partial charge is 0.0258 e. The van der Waals surface area contributed by atoms with Gasteiger partial charge >= 0.3 is 0 Å². The highest BCUT2D eigenvalue weighted by Gasteiger charge is 2.29. The maximum atomic E-state index is 3.84. The molecule has 0 spiro atoms. The van der Waals surface area contributed by atoms with Crippen LogP contribution in [0.15, 0.2) is 0 Å². The summed E-state index contributed by atoms with van der Waals surface area (Å²) in [6, 6.07) is 0. The molecule has 0 radical (unpaired) electrons. The molecule has 0 aromatic rings. The first-order chi connectivity index (χ1) is 16.4. The average molecular weight is 497 g/mol. The van der Waals surface area contributed by atoms with Gasteiger partial charge in [-0.05, 0) is 50.5 Å². The van der Waals surface area contributed by atoms with Gasteiger partial charge in [0.15, 0.2) is 0 Å². The van der Waals surface area contributed by atoms with Crippen molar-refractivity contribution >= 4 is 8.07 Å². The van der Waals surface area contributed by atoms with Gasteiger partial charge in [0.2, 0.25) is 0 Å². The molecular formula is C29H61N4P. The van der Waals surface area contributed by atoms with E-state index >= 15 is 0 Å². The summed E-state index contributed by atoms with van der Waals surface area (Å²) >= 11 is 0. The molecule has 2 fully saturated rings. The van der Waals surface area contributed by atoms with Gasteiger partial charge in [-0.25, -0.2) is 10.0 Å². The van der Waals surface area contributed by atoms with E-state index in [-0.39, 0.29) is 8.07 Å². The Morgan fingerprint density at radius 2 is 1.09 bits per heavy atom. The van der Waals surface area contributed by atoms with E-state index in [4.69, 9.17) is 0 Å². The lowest BCUT2D eigenvalue weighted by Gasteiger charge is -2.41. The Morgan fingerprint density at radius 1 is 0.618 bits per heavy atom. The molecule has 1 heterocycles. The van der Waals surface area contributed by atoms with Gasteiger partial charge in [0.05, 0.1) is 0 Å². The number of hydrazine groups is 1. The van der Waals surface area contributed by atoms with Crippen molar-refractivity contribution in [2.75, 3.05) is 58.5 Å². The van der Waals surface area contributed by atoms with Crippen molar-refractivity contribution < 1.29 is 0 Å². The van der Waals surface area contributed by atoms with Crippen molar-refractivity contribution in [1.29, 1.82) is 0 Å². The third-order valence-corrected chi connectivity index (χ3v) is 10.5. The molecule has 202 valence electrons. The van der Waals surface area contributed by atoms with E-state index in [1.165, 1.54) is 103 Å². The molecule has 1 aliphatic heterocycles. The lowest BCUT2D eigenvalue weighted by atomic mass is 10.1. The molecule has 1 unspecified atom stereocenters. The monoisotopic (exact) mass is 496 g/mol. The molecule has 1 saturated carbocycles. The molecule has 1 aliphatic carbocycles. The van der Waals surface area contributed by atoms with E-state index in [2.05, 4.69) is 61.5 Å². The summed E-state index contributed by atoms with van der Waals surface area (Å²) in [6.07, 6.45) is 16.1. The minimum Gasteiger partial charge on any atom is -0.314 e. The molecule has 2 aliphatic rings. The van der Waals surface area contributed by atoms with Crippen LogP contribution in [0.5, 0.6) is 0 Å². The number of rotatable bonds is 7. The zero-order valence-electron chi connectivity index (χ0n) is 24.0. The minimum atomic E-state index is -0.0943. The van der Waals surface area contributed by atoms with Crippen molar-refractivity contribution in [3.8, 4) is 0 Å². The normalized spacial score (nSPS) is 25.5. The Morgan fingerprint density at radius 3 is 1.62 bits per heavy atom. The first-order valence-electron chi connectivity index (χ1n) is 15.1. The molecule has 1 saturated heterocycles. The molecule has 4 nitrogen and oxygen atoms in total. The molecular weight excluding hydrogens is 435 g/mol. The summed E-state index contributed by atoms with van der Waals surface area (Å²) in [6.45, 7) is 24.0. The van der Waals surface area contributed by atoms with Crippen molar-refractivity contribution in [3.63, 3.8) is 0 Å². The zero-order valence-corrected chi connectivity index (χ0v) is 24.9. The lowest BCUT2D eigenvalue weighted by molar-refractivity contribution is -0.0361. The van der Waals surface area contributed by atoms with Crippen LogP contribution in [0, 0.1) is 17.8 Å². The number of hydrogen-bond acceptors (Lipinski definition) is 4. The molecule has 2 rings (SSSR count). The van der Waals surface area contributed by atoms with Crippen LogP contribution in [0.3, 0.4) is 0 Å². The van der Waals surface area contributed by atoms with Gasteiger partial charge < -0.3 is 5.32 Å². The largest absolute Gasteiger partial charge is 0.314 e. The summed E-state index contributed by atoms with van der Waals surface area (Å²) < 4.78 is 2.99. The minimum absolute atomic E-state index is 0.0943. The van der Waals surface area contributed by atoms with Crippen LogP contribution in [0.1, 0.15) is 106 Å². The van der Waals surface area contributed by atoms with Gasteiger partial charge in [-0.15, -0.1) is 0 Å². The fraction of sp³-hybridized carbons (Fsp3) is 1.00. The number of hydrogen-bond donors (Lipinski definition) is 1. The molecule has 0 aromatic carbocycles. The van der Waals surface area contributed by atoms with Crippen molar-refractivity contribution in [2.24, 2.45) is 17.8 Å². The Labute approximate surface area is 215 Å². The van der Waals surface area contributed by atoms with Gasteiger partial charge in [-0.3, -0.25) is 4.67 Å². The summed E-state index contributed by atoms with van der Waals surface area (Å²) in [5.41, 5.74) is 0.937. The molecule has 5 heteroatoms. The number of nitrogens with one attached hydrogen (secondary N) is 1. The second-order valence-electron chi connectivity index (χ2n) is 12.4. The first kappa shape index (κ1) is 30.5. The fourth-order valence-electron chi connectivity index (χ4n) is 5.86. The molecule has 1 N–H and O–H groups in total. The summed E-state index contributed by atoms with van der Waals surface area (Å²) in [5.74, 6) is 2.17. The van der Waals surface area contributed by atoms with Crippen molar-refractivity contribution in [1.82, 2.24) is 20.0 Å². The lowest BCUT2D eigenvalue weighted by Crippen LogP contribution is -2.49. The molecule has 1 atom stereocenters. The van der Waals surface area contributed by atoms with Gasteiger partial charge in [0, 0.05) is 52.4 Å². The Hall–Kier alpha value is 0.270. The quantitative estimate of drug-likeness (QED) is 0.381. The van der Waals surface area contributed by atoms with Crippen LogP contribution in [-0.2, 0) is 0 Å². The number of nitrogens with zero attached hydrogens (tertiary/aromatic N) is 3. The topological polar surface area (TPSA) is 21.8 Å². The maximum absolute atomic E-state index is 3.84. The van der Waals surface area contributed by atoms with Gasteiger partial charge in [-0.2, -0.15) is 0 Å². The van der Waals surface area contributed by atoms with E-state index in [0.717, 1.165) is 31.2 Å². The summed E-state index contributed by atoms with van der Waals surface area (Å²) in [7, 11) is -0.0943. The Bertz CT molecular complexity index is 487. The molecule has 0 amide bonds. The van der Waals surface area contributed by atoms with E-state index in [0.29, 0.717) is 11.8 Å². The third-order valence-electron chi connectivity index (χ3n) is 7.42. The van der Waals surface area contributed by atoms with Crippen LogP contribution < -0.4 is 5.32 Å². The second-order valence-corrected chi connectivity index (χ2v) is 15.0. The highest BCUT2D eigenvalue weighted by molar-refractivity contribution is 7.56. The van der Waals surface area contributed by atoms with E-state index in [1.807, 2.05) is 0 Å². The SMILES string of the molecule is CC(C)CN1CCNCCN(CC(C)C)P(C2CCCCCCCCCC2)CCN1CC(C)C. The van der Waals surface area contributed by atoms with Crippen LogP contribution in [0.25, 0.3) is 0 Å². The van der Waals surface area contributed by atoms with Crippen LogP contribution in [0.2, 0.25) is 0 Å². The third kappa shape index (κ3) is 12.5. The van der Waals surface area contributed by atoms with Gasteiger partial charge in [0.25, 0.3) is 0 Å². The Kier molecular flexibility index (Phi) is 15.9. The molecule has 0 bridgehead atoms. The summed E-state index contributed by atoms with van der Waals surface area (Å²) in [5, 5.41) is 9.31. The predicted molar refractivity (Wildman–Crippen MR) is 154 cm³/mol. The van der Waals surface area contributed by atoms with Crippen LogP contribution >= 0.6 is 8.07 Å². The van der Waals surface area contributed by atoms with Gasteiger partial charge in [-0.1, -0.05) is 92.9 Å². The zero-order chi connectivity index (χ0) is 24.8. The maximum Gasteiger partial charge on any atom is 0.0258 e. The standard InChI is InChI=1S/C29H61N4P/c1-26(2)23-31-19-17-30-18-20-33(25-28(5)6)34(22-21-32(31)24-27(3)4)29-15-13-11-9-7-8-10-12-14-16-29/h26-30H,7-25H2,1-6H3. The van der Waals surface area contributed by atoms with E-state index in [9.17, 15) is 0 Å². The van der Waals surface area contributed by atoms with E-state index in [1.54, 1.807) is 0 Å². The second kappa shape index (κ2) is 17.7. The van der Waals surface area contributed by atoms with Crippen molar-refractivity contribution in [2.45, 2.75) is 111 Å². The van der Waals surface area contributed by atoms with Crippen LogP contribution in [-0.4, -0.2) is 78.9 Å². The van der Waals surface area contributed by atoms with E-state index < -0.39 is 0 Å². The molecule has 34 heavy (non-hydrogen) atoms. The summed E-state index contributed by atoms with van der Waals surface area (Å²) in [4.78, 5) is 0. The first-order valence-corrected chi connectivity index (χ1v) is 16.6. The Balaban J connectivity index is 2.25. The molecule has 0 aromatic heterocycles. The van der Waals surface area contributed by atoms with Crippen molar-refractivity contribution in [3.05, 3.63) is 0 Å². The highest BCUT2D eigenvalue weighted by atomic mass is 31.1. The van der Waals surface area contributed by atoms with Crippen LogP contribution in [0.4, 0.5) is 0 Å². The van der Waals surface area contributed by atoms with Gasteiger partial charge in [0.1, 0.15) is 0 Å².